The molecular formula is C17H20N4O3. The zero-order valence-corrected chi connectivity index (χ0v) is 13.4. The van der Waals surface area contributed by atoms with E-state index in [-0.39, 0.29) is 30.1 Å². The monoisotopic (exact) mass is 328 g/mol. The summed E-state index contributed by atoms with van der Waals surface area (Å²) in [5.74, 6) is 0.0309. The van der Waals surface area contributed by atoms with Crippen LogP contribution in [0.4, 0.5) is 0 Å². The number of aromatic nitrogens is 3. The molecule has 1 amide bonds. The molecule has 2 aromatic heterocycles. The van der Waals surface area contributed by atoms with Gasteiger partial charge in [0.05, 0.1) is 12.4 Å². The summed E-state index contributed by atoms with van der Waals surface area (Å²) in [7, 11) is 1.85. The van der Waals surface area contributed by atoms with Gasteiger partial charge >= 0.3 is 0 Å². The molecule has 7 nitrogen and oxygen atoms in total. The Balaban J connectivity index is 1.70. The van der Waals surface area contributed by atoms with Crippen molar-refractivity contribution >= 4 is 12.0 Å². The number of hydrogen-bond acceptors (Lipinski definition) is 5. The lowest BCUT2D eigenvalue weighted by atomic mass is 9.92. The molecule has 1 aliphatic heterocycles. The number of aliphatic hydroxyl groups excluding tert-OH is 1. The quantitative estimate of drug-likeness (QED) is 0.809. The Morgan fingerprint density at radius 1 is 1.38 bits per heavy atom. The lowest BCUT2D eigenvalue weighted by Gasteiger charge is -2.13. The molecule has 2 N–H and O–H groups in total. The van der Waals surface area contributed by atoms with Gasteiger partial charge in [0, 0.05) is 57.0 Å². The zero-order chi connectivity index (χ0) is 17.1. The van der Waals surface area contributed by atoms with E-state index in [4.69, 9.17) is 0 Å². The largest absolute Gasteiger partial charge is 0.506 e. The van der Waals surface area contributed by atoms with Gasteiger partial charge < -0.3 is 15.1 Å². The van der Waals surface area contributed by atoms with Gasteiger partial charge in [-0.1, -0.05) is 0 Å². The molecule has 0 bridgehead atoms. The third-order valence-electron chi connectivity index (χ3n) is 4.30. The second-order valence-electron chi connectivity index (χ2n) is 6.05. The summed E-state index contributed by atoms with van der Waals surface area (Å²) in [6.07, 6.45) is 9.72. The first kappa shape index (κ1) is 16.2. The standard InChI is InChI=1S/C17H20N4O3/c1-20-8-13(6-19-20)16-10-21(9-14(16)11-22)17(24)3-2-12-4-15(23)7-18-5-12/h2-8,14,16,22-23H,9-11H2,1H3/b3-2+/t14-,16-/m0/s1. The van der Waals surface area contributed by atoms with E-state index in [1.807, 2.05) is 13.2 Å². The minimum absolute atomic E-state index is 0.00832. The first-order chi connectivity index (χ1) is 11.6. The van der Waals surface area contributed by atoms with Gasteiger partial charge in [-0.25, -0.2) is 0 Å². The molecule has 0 aromatic carbocycles. The van der Waals surface area contributed by atoms with Gasteiger partial charge in [0.15, 0.2) is 0 Å². The molecule has 1 saturated heterocycles. The van der Waals surface area contributed by atoms with Crippen LogP contribution in [0.25, 0.3) is 6.08 Å². The number of hydrogen-bond donors (Lipinski definition) is 2. The van der Waals surface area contributed by atoms with Gasteiger partial charge in [0.1, 0.15) is 5.75 Å². The van der Waals surface area contributed by atoms with Crippen molar-refractivity contribution in [2.45, 2.75) is 5.92 Å². The fourth-order valence-electron chi connectivity index (χ4n) is 3.05. The van der Waals surface area contributed by atoms with E-state index in [0.717, 1.165) is 5.56 Å². The van der Waals surface area contributed by atoms with Crippen LogP contribution in [0.2, 0.25) is 0 Å². The summed E-state index contributed by atoms with van der Waals surface area (Å²) in [4.78, 5) is 18.0. The third-order valence-corrected chi connectivity index (χ3v) is 4.30. The first-order valence-corrected chi connectivity index (χ1v) is 7.77. The number of amides is 1. The lowest BCUT2D eigenvalue weighted by Crippen LogP contribution is -2.27. The van der Waals surface area contributed by atoms with Crippen molar-refractivity contribution in [3.63, 3.8) is 0 Å². The normalized spacial score (nSPS) is 20.8. The molecule has 1 fully saturated rings. The number of aromatic hydroxyl groups is 1. The Hall–Kier alpha value is -2.67. The van der Waals surface area contributed by atoms with E-state index < -0.39 is 0 Å². The predicted molar refractivity (Wildman–Crippen MR) is 88.0 cm³/mol. The molecule has 7 heteroatoms. The van der Waals surface area contributed by atoms with Crippen LogP contribution in [-0.4, -0.2) is 55.5 Å². The lowest BCUT2D eigenvalue weighted by molar-refractivity contribution is -0.125. The van der Waals surface area contributed by atoms with Crippen LogP contribution >= 0.6 is 0 Å². The molecule has 0 aliphatic carbocycles. The fraction of sp³-hybridized carbons (Fsp3) is 0.353. The highest BCUT2D eigenvalue weighted by molar-refractivity contribution is 5.92. The maximum atomic E-state index is 12.4. The summed E-state index contributed by atoms with van der Waals surface area (Å²) in [6.45, 7) is 1.10. The van der Waals surface area contributed by atoms with Crippen LogP contribution in [0.3, 0.4) is 0 Å². The Morgan fingerprint density at radius 2 is 2.21 bits per heavy atom. The third kappa shape index (κ3) is 3.46. The highest BCUT2D eigenvalue weighted by Crippen LogP contribution is 2.32. The van der Waals surface area contributed by atoms with Crippen molar-refractivity contribution in [2.75, 3.05) is 19.7 Å². The fourth-order valence-corrected chi connectivity index (χ4v) is 3.05. The minimum atomic E-state index is -0.122. The van der Waals surface area contributed by atoms with Crippen molar-refractivity contribution in [2.24, 2.45) is 13.0 Å². The molecule has 0 saturated carbocycles. The van der Waals surface area contributed by atoms with Crippen molar-refractivity contribution < 1.29 is 15.0 Å². The van der Waals surface area contributed by atoms with Crippen LogP contribution in [0.15, 0.2) is 36.9 Å². The molecule has 0 spiro atoms. The van der Waals surface area contributed by atoms with Crippen LogP contribution in [0, 0.1) is 5.92 Å². The van der Waals surface area contributed by atoms with Crippen LogP contribution in [0.5, 0.6) is 5.75 Å². The number of likely N-dealkylation sites (tertiary alicyclic amines) is 1. The van der Waals surface area contributed by atoms with Crippen molar-refractivity contribution in [1.82, 2.24) is 19.7 Å². The predicted octanol–water partition coefficient (Wildman–Crippen LogP) is 0.768. The second-order valence-corrected chi connectivity index (χ2v) is 6.05. The van der Waals surface area contributed by atoms with Crippen molar-refractivity contribution in [3.05, 3.63) is 48.1 Å². The molecule has 0 radical (unpaired) electrons. The van der Waals surface area contributed by atoms with Crippen molar-refractivity contribution in [3.8, 4) is 5.75 Å². The molecule has 2 aromatic rings. The van der Waals surface area contributed by atoms with Gasteiger partial charge in [-0.15, -0.1) is 0 Å². The smallest absolute Gasteiger partial charge is 0.246 e. The average Bonchev–Trinajstić information content (AvgIpc) is 3.18. The van der Waals surface area contributed by atoms with Crippen LogP contribution in [-0.2, 0) is 11.8 Å². The first-order valence-electron chi connectivity index (χ1n) is 7.77. The number of aliphatic hydroxyl groups is 1. The van der Waals surface area contributed by atoms with E-state index in [1.165, 1.54) is 18.3 Å². The summed E-state index contributed by atoms with van der Waals surface area (Å²) >= 11 is 0. The Labute approximate surface area is 139 Å². The number of nitrogens with zero attached hydrogens (tertiary/aromatic N) is 4. The Morgan fingerprint density at radius 3 is 2.88 bits per heavy atom. The van der Waals surface area contributed by atoms with Crippen LogP contribution in [0.1, 0.15) is 17.0 Å². The van der Waals surface area contributed by atoms with Gasteiger partial charge in [0.25, 0.3) is 0 Å². The van der Waals surface area contributed by atoms with Crippen molar-refractivity contribution in [1.29, 1.82) is 0 Å². The Bertz CT molecular complexity index is 756. The maximum Gasteiger partial charge on any atom is 0.246 e. The highest BCUT2D eigenvalue weighted by atomic mass is 16.3. The molecule has 1 aliphatic rings. The van der Waals surface area contributed by atoms with Gasteiger partial charge in [-0.3, -0.25) is 14.5 Å². The molecule has 3 rings (SSSR count). The van der Waals surface area contributed by atoms with Gasteiger partial charge in [-0.05, 0) is 23.3 Å². The molecular weight excluding hydrogens is 308 g/mol. The minimum Gasteiger partial charge on any atom is -0.506 e. The van der Waals surface area contributed by atoms with E-state index in [1.54, 1.807) is 28.1 Å². The molecule has 0 unspecified atom stereocenters. The van der Waals surface area contributed by atoms with E-state index in [9.17, 15) is 15.0 Å². The Kier molecular flexibility index (Phi) is 4.61. The van der Waals surface area contributed by atoms with E-state index >= 15 is 0 Å². The number of carbonyl (C=O) groups excluding carboxylic acids is 1. The summed E-state index contributed by atoms with van der Waals surface area (Å²) in [6, 6.07) is 1.54. The SMILES string of the molecule is Cn1cc([C@@H]2CN(C(=O)/C=C/c3cncc(O)c3)C[C@H]2CO)cn1. The van der Waals surface area contributed by atoms with E-state index in [0.29, 0.717) is 18.7 Å². The van der Waals surface area contributed by atoms with Gasteiger partial charge in [0.2, 0.25) is 5.91 Å². The topological polar surface area (TPSA) is 91.5 Å². The number of pyridine rings is 1. The number of rotatable bonds is 4. The number of carbonyl (C=O) groups is 1. The summed E-state index contributed by atoms with van der Waals surface area (Å²) in [5.41, 5.74) is 1.69. The summed E-state index contributed by atoms with van der Waals surface area (Å²) < 4.78 is 1.73. The molecule has 24 heavy (non-hydrogen) atoms. The zero-order valence-electron chi connectivity index (χ0n) is 13.4. The molecule has 126 valence electrons. The average molecular weight is 328 g/mol. The highest BCUT2D eigenvalue weighted by Gasteiger charge is 2.35. The molecule has 3 heterocycles. The van der Waals surface area contributed by atoms with Crippen LogP contribution < -0.4 is 0 Å². The van der Waals surface area contributed by atoms with E-state index in [2.05, 4.69) is 10.1 Å². The molecule has 2 atom stereocenters. The summed E-state index contributed by atoms with van der Waals surface area (Å²) in [5, 5.41) is 23.2. The second kappa shape index (κ2) is 6.84. The maximum absolute atomic E-state index is 12.4. The number of aryl methyl sites for hydroxylation is 1. The van der Waals surface area contributed by atoms with Gasteiger partial charge in [-0.2, -0.15) is 5.10 Å².